The van der Waals surface area contributed by atoms with Crippen LogP contribution >= 0.6 is 0 Å². The third kappa shape index (κ3) is 3.02. The second-order valence-electron chi connectivity index (χ2n) is 5.43. The van der Waals surface area contributed by atoms with Crippen LogP contribution in [0.15, 0.2) is 18.2 Å². The van der Waals surface area contributed by atoms with Gasteiger partial charge in [-0.15, -0.1) is 0 Å². The number of aromatic amines is 1. The van der Waals surface area contributed by atoms with Gasteiger partial charge in [0.15, 0.2) is 0 Å². The molecule has 1 aliphatic heterocycles. The number of nitrogens with one attached hydrogen (secondary N) is 2. The summed E-state index contributed by atoms with van der Waals surface area (Å²) < 4.78 is 0. The van der Waals surface area contributed by atoms with Crippen molar-refractivity contribution in [2.75, 3.05) is 57.4 Å². The van der Waals surface area contributed by atoms with Crippen molar-refractivity contribution in [3.8, 4) is 0 Å². The van der Waals surface area contributed by atoms with E-state index in [-0.39, 0.29) is 0 Å². The number of piperazine rings is 1. The van der Waals surface area contributed by atoms with Crippen LogP contribution in [-0.2, 0) is 0 Å². The SMILES string of the molecule is CN1CCN(CCNc2nc3ccc(N)cc3[nH]2)CC1. The highest BCUT2D eigenvalue weighted by Crippen LogP contribution is 2.16. The quantitative estimate of drug-likeness (QED) is 0.719. The number of hydrogen-bond donors (Lipinski definition) is 3. The molecule has 6 nitrogen and oxygen atoms in total. The molecule has 0 amide bonds. The first-order valence-electron chi connectivity index (χ1n) is 7.11. The van der Waals surface area contributed by atoms with Gasteiger partial charge in [-0.1, -0.05) is 0 Å². The monoisotopic (exact) mass is 274 g/mol. The highest BCUT2D eigenvalue weighted by molar-refractivity contribution is 5.80. The second kappa shape index (κ2) is 5.68. The van der Waals surface area contributed by atoms with Crippen molar-refractivity contribution >= 4 is 22.7 Å². The van der Waals surface area contributed by atoms with E-state index in [1.807, 2.05) is 18.2 Å². The second-order valence-corrected chi connectivity index (χ2v) is 5.43. The van der Waals surface area contributed by atoms with Crippen LogP contribution in [0, 0.1) is 0 Å². The Morgan fingerprint density at radius 2 is 2.10 bits per heavy atom. The first-order chi connectivity index (χ1) is 9.70. The maximum Gasteiger partial charge on any atom is 0.201 e. The number of hydrogen-bond acceptors (Lipinski definition) is 5. The highest BCUT2D eigenvalue weighted by Gasteiger charge is 2.13. The van der Waals surface area contributed by atoms with Crippen molar-refractivity contribution in [1.29, 1.82) is 0 Å². The lowest BCUT2D eigenvalue weighted by Crippen LogP contribution is -2.45. The molecule has 1 fully saturated rings. The zero-order valence-corrected chi connectivity index (χ0v) is 11.9. The van der Waals surface area contributed by atoms with Crippen molar-refractivity contribution in [2.45, 2.75) is 0 Å². The van der Waals surface area contributed by atoms with Crippen LogP contribution in [0.25, 0.3) is 11.0 Å². The van der Waals surface area contributed by atoms with E-state index in [1.54, 1.807) is 0 Å². The van der Waals surface area contributed by atoms with Gasteiger partial charge < -0.3 is 20.9 Å². The molecule has 20 heavy (non-hydrogen) atoms. The number of imidazole rings is 1. The smallest absolute Gasteiger partial charge is 0.201 e. The van der Waals surface area contributed by atoms with Crippen molar-refractivity contribution in [3.05, 3.63) is 18.2 Å². The predicted octanol–water partition coefficient (Wildman–Crippen LogP) is 0.804. The summed E-state index contributed by atoms with van der Waals surface area (Å²) in [4.78, 5) is 12.6. The minimum Gasteiger partial charge on any atom is -0.399 e. The molecule has 2 aromatic rings. The van der Waals surface area contributed by atoms with Crippen LogP contribution in [0.3, 0.4) is 0 Å². The molecule has 6 heteroatoms. The molecule has 0 spiro atoms. The van der Waals surface area contributed by atoms with E-state index < -0.39 is 0 Å². The molecule has 108 valence electrons. The summed E-state index contributed by atoms with van der Waals surface area (Å²) in [5, 5.41) is 3.35. The van der Waals surface area contributed by atoms with Crippen LogP contribution in [0.4, 0.5) is 11.6 Å². The van der Waals surface area contributed by atoms with Gasteiger partial charge in [0.05, 0.1) is 11.0 Å². The number of fused-ring (bicyclic) bond motifs is 1. The van der Waals surface area contributed by atoms with Crippen LogP contribution in [0.5, 0.6) is 0 Å². The Labute approximate surface area is 119 Å². The van der Waals surface area contributed by atoms with Crippen molar-refractivity contribution in [1.82, 2.24) is 19.8 Å². The van der Waals surface area contributed by atoms with Gasteiger partial charge in [-0.3, -0.25) is 4.90 Å². The molecular formula is C14H22N6. The minimum atomic E-state index is 0.755. The zero-order chi connectivity index (χ0) is 13.9. The van der Waals surface area contributed by atoms with Gasteiger partial charge in [0.25, 0.3) is 0 Å². The summed E-state index contributed by atoms with van der Waals surface area (Å²) in [5.74, 6) is 0.819. The normalized spacial score (nSPS) is 17.6. The first kappa shape index (κ1) is 13.2. The number of H-pyrrole nitrogens is 1. The molecule has 0 saturated carbocycles. The number of nitrogens with two attached hydrogens (primary N) is 1. The molecule has 1 aliphatic rings. The fourth-order valence-corrected chi connectivity index (χ4v) is 2.51. The molecule has 1 aromatic heterocycles. The topological polar surface area (TPSA) is 73.2 Å². The summed E-state index contributed by atoms with van der Waals surface area (Å²) in [6.07, 6.45) is 0. The van der Waals surface area contributed by atoms with Gasteiger partial charge in [0.2, 0.25) is 5.95 Å². The predicted molar refractivity (Wildman–Crippen MR) is 82.9 cm³/mol. The average molecular weight is 274 g/mol. The number of anilines is 2. The Morgan fingerprint density at radius 1 is 1.30 bits per heavy atom. The van der Waals surface area contributed by atoms with Crippen LogP contribution in [0.2, 0.25) is 0 Å². The summed E-state index contributed by atoms with van der Waals surface area (Å²) >= 11 is 0. The van der Waals surface area contributed by atoms with E-state index in [1.165, 1.54) is 0 Å². The largest absolute Gasteiger partial charge is 0.399 e. The zero-order valence-electron chi connectivity index (χ0n) is 11.9. The van der Waals surface area contributed by atoms with Gasteiger partial charge in [-0.2, -0.15) is 0 Å². The number of nitrogen functional groups attached to an aromatic ring is 1. The fourth-order valence-electron chi connectivity index (χ4n) is 2.51. The molecule has 0 aliphatic carbocycles. The molecule has 1 aromatic carbocycles. The van der Waals surface area contributed by atoms with Crippen molar-refractivity contribution < 1.29 is 0 Å². The van der Waals surface area contributed by atoms with Gasteiger partial charge in [0, 0.05) is 45.0 Å². The highest BCUT2D eigenvalue weighted by atomic mass is 15.3. The van der Waals surface area contributed by atoms with E-state index in [4.69, 9.17) is 5.73 Å². The summed E-state index contributed by atoms with van der Waals surface area (Å²) in [6, 6.07) is 5.72. The molecule has 0 atom stereocenters. The molecule has 2 heterocycles. The van der Waals surface area contributed by atoms with Crippen molar-refractivity contribution in [2.24, 2.45) is 0 Å². The molecule has 3 rings (SSSR count). The van der Waals surface area contributed by atoms with Gasteiger partial charge in [-0.05, 0) is 25.2 Å². The maximum absolute atomic E-state index is 5.76. The van der Waals surface area contributed by atoms with Gasteiger partial charge >= 0.3 is 0 Å². The van der Waals surface area contributed by atoms with Crippen molar-refractivity contribution in [3.63, 3.8) is 0 Å². The van der Waals surface area contributed by atoms with E-state index >= 15 is 0 Å². The number of rotatable bonds is 4. The van der Waals surface area contributed by atoms with Gasteiger partial charge in [0.1, 0.15) is 0 Å². The molecular weight excluding hydrogens is 252 g/mol. The Bertz CT molecular complexity index is 570. The molecule has 0 unspecified atom stereocenters. The Balaban J connectivity index is 1.52. The van der Waals surface area contributed by atoms with E-state index in [0.29, 0.717) is 0 Å². The summed E-state index contributed by atoms with van der Waals surface area (Å²) in [5.41, 5.74) is 8.44. The van der Waals surface area contributed by atoms with E-state index in [2.05, 4.69) is 32.1 Å². The number of nitrogens with zero attached hydrogens (tertiary/aromatic N) is 3. The third-order valence-electron chi connectivity index (χ3n) is 3.82. The van der Waals surface area contributed by atoms with E-state index in [9.17, 15) is 0 Å². The number of likely N-dealkylation sites (N-methyl/N-ethyl adjacent to an activating group) is 1. The lowest BCUT2D eigenvalue weighted by molar-refractivity contribution is 0.158. The maximum atomic E-state index is 5.76. The third-order valence-corrected chi connectivity index (χ3v) is 3.82. The van der Waals surface area contributed by atoms with Crippen LogP contribution < -0.4 is 11.1 Å². The van der Waals surface area contributed by atoms with Crippen LogP contribution in [0.1, 0.15) is 0 Å². The Morgan fingerprint density at radius 3 is 2.90 bits per heavy atom. The lowest BCUT2D eigenvalue weighted by atomic mass is 10.3. The fraction of sp³-hybridized carbons (Fsp3) is 0.500. The number of benzene rings is 1. The summed E-state index contributed by atoms with van der Waals surface area (Å²) in [6.45, 7) is 6.56. The average Bonchev–Trinajstić information content (AvgIpc) is 2.83. The Hall–Kier alpha value is -1.79. The molecule has 4 N–H and O–H groups in total. The number of aromatic nitrogens is 2. The Kier molecular flexibility index (Phi) is 3.75. The molecule has 0 bridgehead atoms. The van der Waals surface area contributed by atoms with Crippen LogP contribution in [-0.4, -0.2) is 66.1 Å². The first-order valence-corrected chi connectivity index (χ1v) is 7.11. The standard InChI is InChI=1S/C14H22N6/c1-19-6-8-20(9-7-19)5-4-16-14-17-12-3-2-11(15)10-13(12)18-14/h2-3,10H,4-9,15H2,1H3,(H2,16,17,18). The summed E-state index contributed by atoms with van der Waals surface area (Å²) in [7, 11) is 2.18. The molecule has 0 radical (unpaired) electrons. The van der Waals surface area contributed by atoms with E-state index in [0.717, 1.165) is 61.9 Å². The molecule has 1 saturated heterocycles. The van der Waals surface area contributed by atoms with Gasteiger partial charge in [-0.25, -0.2) is 4.98 Å². The lowest BCUT2D eigenvalue weighted by Gasteiger charge is -2.32. The minimum absolute atomic E-state index is 0.755.